The number of carbonyl (C=O) groups excluding carboxylic acids is 4. The number of aliphatic hydroxyl groups excluding tert-OH is 1. The number of esters is 1. The number of carbonyl (C=O) groups is 4. The molecule has 1 aliphatic heterocycles. The van der Waals surface area contributed by atoms with Crippen LogP contribution in [0.2, 0.25) is 0 Å². The number of alkyl carbamates (subject to hydrolysis) is 1. The minimum Gasteiger partial charge on any atom is -0.465 e. The Morgan fingerprint density at radius 2 is 1.70 bits per heavy atom. The van der Waals surface area contributed by atoms with Crippen LogP contribution in [0.25, 0.3) is 0 Å². The lowest BCUT2D eigenvalue weighted by molar-refractivity contribution is -0.151. The van der Waals surface area contributed by atoms with Crippen LogP contribution in [0.5, 0.6) is 0 Å². The zero-order valence-corrected chi connectivity index (χ0v) is 27.0. The van der Waals surface area contributed by atoms with E-state index >= 15 is 0 Å². The number of cyclic esters (lactones) is 1. The lowest BCUT2D eigenvalue weighted by Crippen LogP contribution is -2.37. The molecule has 3 rings (SSSR count). The molecule has 0 unspecified atom stereocenters. The molecule has 0 saturated heterocycles. The third-order valence-corrected chi connectivity index (χ3v) is 8.21. The highest BCUT2D eigenvalue weighted by Gasteiger charge is 2.27. The van der Waals surface area contributed by atoms with Crippen molar-refractivity contribution >= 4 is 23.8 Å². The number of hydrogen-bond donors (Lipinski definition) is 3. The molecule has 1 aliphatic rings. The molecular weight excluding hydrogens is 584 g/mol. The number of amides is 2. The third kappa shape index (κ3) is 14.4. The van der Waals surface area contributed by atoms with Crippen LogP contribution in [-0.2, 0) is 36.9 Å². The van der Waals surface area contributed by atoms with Gasteiger partial charge in [-0.05, 0) is 68.9 Å². The molecule has 0 spiro atoms. The third-order valence-electron chi connectivity index (χ3n) is 8.21. The second kappa shape index (κ2) is 20.9. The summed E-state index contributed by atoms with van der Waals surface area (Å²) in [6.07, 6.45) is 9.06. The number of aliphatic hydroxyl groups is 1. The van der Waals surface area contributed by atoms with Crippen molar-refractivity contribution in [2.75, 3.05) is 19.8 Å². The van der Waals surface area contributed by atoms with Gasteiger partial charge in [-0.3, -0.25) is 14.4 Å². The maximum Gasteiger partial charge on any atom is 0.407 e. The molecule has 2 amide bonds. The van der Waals surface area contributed by atoms with Crippen molar-refractivity contribution in [3.8, 4) is 0 Å². The first-order chi connectivity index (χ1) is 22.3. The van der Waals surface area contributed by atoms with Gasteiger partial charge in [-0.25, -0.2) is 4.79 Å². The maximum absolute atomic E-state index is 13.6. The Bertz CT molecular complexity index is 1230. The number of allylic oxidation sites excluding steroid dienone is 2. The zero-order chi connectivity index (χ0) is 33.0. The number of benzene rings is 2. The van der Waals surface area contributed by atoms with Crippen LogP contribution in [0, 0.1) is 17.8 Å². The molecule has 2 aromatic carbocycles. The second-order valence-electron chi connectivity index (χ2n) is 12.2. The van der Waals surface area contributed by atoms with E-state index in [0.29, 0.717) is 45.1 Å². The largest absolute Gasteiger partial charge is 0.465 e. The number of hydrogen-bond acceptors (Lipinski definition) is 7. The average Bonchev–Trinajstić information content (AvgIpc) is 3.06. The Morgan fingerprint density at radius 3 is 2.41 bits per heavy atom. The Hall–Kier alpha value is -3.98. The molecule has 3 N–H and O–H groups in total. The highest BCUT2D eigenvalue weighted by Crippen LogP contribution is 2.24. The summed E-state index contributed by atoms with van der Waals surface area (Å²) in [5.74, 6) is -1.56. The van der Waals surface area contributed by atoms with E-state index in [4.69, 9.17) is 9.47 Å². The number of ether oxygens (including phenoxy) is 2. The fraction of sp³-hybridized carbons (Fsp3) is 0.514. The Labute approximate surface area is 273 Å². The fourth-order valence-corrected chi connectivity index (χ4v) is 5.53. The minimum atomic E-state index is -0.504. The number of nitrogens with one attached hydrogen (secondary N) is 2. The summed E-state index contributed by atoms with van der Waals surface area (Å²) >= 11 is 0. The zero-order valence-electron chi connectivity index (χ0n) is 27.0. The van der Waals surface area contributed by atoms with Crippen LogP contribution in [-0.4, -0.2) is 54.7 Å². The predicted octanol–water partition coefficient (Wildman–Crippen LogP) is 5.69. The molecule has 1 heterocycles. The van der Waals surface area contributed by atoms with Crippen molar-refractivity contribution in [1.82, 2.24) is 10.6 Å². The Kier molecular flexibility index (Phi) is 16.6. The SMILES string of the molecule is C[C@H](CO)NC(=O)C[C@H]1C/C=C\CCC[C@H](Cc2ccccc2)C(=O)OC[C@H](CCCCNC(=O)OCc2ccccc2)CC1=O. The minimum absolute atomic E-state index is 0.0359. The van der Waals surface area contributed by atoms with Gasteiger partial charge in [-0.1, -0.05) is 79.2 Å². The quantitative estimate of drug-likeness (QED) is 0.147. The normalized spacial score (nSPS) is 20.9. The van der Waals surface area contributed by atoms with Gasteiger partial charge in [0.25, 0.3) is 0 Å². The van der Waals surface area contributed by atoms with Crippen LogP contribution in [0.15, 0.2) is 72.8 Å². The van der Waals surface area contributed by atoms with Crippen molar-refractivity contribution in [3.63, 3.8) is 0 Å². The van der Waals surface area contributed by atoms with Gasteiger partial charge in [0.15, 0.2) is 0 Å². The van der Waals surface area contributed by atoms with E-state index in [9.17, 15) is 24.3 Å². The molecule has 0 aliphatic carbocycles. The fourth-order valence-electron chi connectivity index (χ4n) is 5.53. The van der Waals surface area contributed by atoms with Gasteiger partial charge in [-0.15, -0.1) is 0 Å². The van der Waals surface area contributed by atoms with Crippen LogP contribution < -0.4 is 10.6 Å². The molecule has 4 atom stereocenters. The number of Topliss-reactive ketones (excluding diaryl/α,β-unsaturated/α-hetero) is 1. The molecule has 9 heteroatoms. The molecule has 9 nitrogen and oxygen atoms in total. The van der Waals surface area contributed by atoms with Crippen LogP contribution in [0.4, 0.5) is 4.79 Å². The molecule has 0 fully saturated rings. The summed E-state index contributed by atoms with van der Waals surface area (Å²) in [6, 6.07) is 19.0. The lowest BCUT2D eigenvalue weighted by Gasteiger charge is -2.23. The second-order valence-corrected chi connectivity index (χ2v) is 12.2. The molecule has 250 valence electrons. The Morgan fingerprint density at radius 1 is 0.978 bits per heavy atom. The standard InChI is InChI=1S/C37H50N2O7/c1-28(25-40)39-35(42)24-32-19-10-2-3-11-20-33(22-29-14-6-4-7-15-29)36(43)45-27-31(23-34(32)41)18-12-13-21-38-37(44)46-26-30-16-8-5-9-17-30/h2,4-10,14-17,28,31-33,40H,3,11-13,18-27H2,1H3,(H,38,44)(H,39,42)/b10-2-/t28-,31-,32-,33-/m1/s1. The smallest absolute Gasteiger partial charge is 0.407 e. The summed E-state index contributed by atoms with van der Waals surface area (Å²) < 4.78 is 11.2. The van der Waals surface area contributed by atoms with E-state index in [2.05, 4.69) is 10.6 Å². The molecule has 0 saturated carbocycles. The predicted molar refractivity (Wildman–Crippen MR) is 177 cm³/mol. The molecule has 2 aromatic rings. The van der Waals surface area contributed by atoms with E-state index < -0.39 is 18.1 Å². The summed E-state index contributed by atoms with van der Waals surface area (Å²) in [4.78, 5) is 51.6. The van der Waals surface area contributed by atoms with Gasteiger partial charge >= 0.3 is 12.1 Å². The molecular formula is C37H50N2O7. The molecule has 46 heavy (non-hydrogen) atoms. The first kappa shape index (κ1) is 36.5. The Balaban J connectivity index is 1.60. The van der Waals surface area contributed by atoms with Crippen molar-refractivity contribution in [2.24, 2.45) is 17.8 Å². The van der Waals surface area contributed by atoms with Gasteiger partial charge < -0.3 is 25.2 Å². The first-order valence-electron chi connectivity index (χ1n) is 16.6. The van der Waals surface area contributed by atoms with Crippen molar-refractivity contribution < 1.29 is 33.8 Å². The molecule has 0 aromatic heterocycles. The van der Waals surface area contributed by atoms with Gasteiger partial charge in [0.2, 0.25) is 5.91 Å². The van der Waals surface area contributed by atoms with Crippen molar-refractivity contribution in [2.45, 2.75) is 83.8 Å². The highest BCUT2D eigenvalue weighted by molar-refractivity contribution is 5.87. The van der Waals surface area contributed by atoms with Crippen LogP contribution in [0.1, 0.15) is 75.8 Å². The van der Waals surface area contributed by atoms with E-state index in [-0.39, 0.29) is 62.2 Å². The van der Waals surface area contributed by atoms with Gasteiger partial charge in [0.1, 0.15) is 12.4 Å². The van der Waals surface area contributed by atoms with E-state index in [1.165, 1.54) is 0 Å². The summed E-state index contributed by atoms with van der Waals surface area (Å²) in [6.45, 7) is 2.27. The monoisotopic (exact) mass is 634 g/mol. The molecule has 0 radical (unpaired) electrons. The van der Waals surface area contributed by atoms with E-state index in [1.54, 1.807) is 6.92 Å². The van der Waals surface area contributed by atoms with Gasteiger partial charge in [0.05, 0.1) is 19.1 Å². The topological polar surface area (TPSA) is 131 Å². The highest BCUT2D eigenvalue weighted by atomic mass is 16.5. The first-order valence-corrected chi connectivity index (χ1v) is 16.6. The summed E-state index contributed by atoms with van der Waals surface area (Å²) in [5.41, 5.74) is 1.99. The van der Waals surface area contributed by atoms with E-state index in [0.717, 1.165) is 24.0 Å². The lowest BCUT2D eigenvalue weighted by atomic mass is 9.87. The van der Waals surface area contributed by atoms with Crippen molar-refractivity contribution in [3.05, 3.63) is 83.9 Å². The average molecular weight is 635 g/mol. The van der Waals surface area contributed by atoms with Gasteiger partial charge in [-0.2, -0.15) is 0 Å². The molecule has 0 bridgehead atoms. The van der Waals surface area contributed by atoms with Gasteiger partial charge in [0, 0.05) is 31.3 Å². The number of unbranched alkanes of at least 4 members (excludes halogenated alkanes) is 1. The van der Waals surface area contributed by atoms with Crippen LogP contribution >= 0.6 is 0 Å². The summed E-state index contributed by atoms with van der Waals surface area (Å²) in [5, 5.41) is 14.8. The number of ketones is 1. The van der Waals surface area contributed by atoms with Crippen LogP contribution in [0.3, 0.4) is 0 Å². The maximum atomic E-state index is 13.6. The summed E-state index contributed by atoms with van der Waals surface area (Å²) in [7, 11) is 0. The number of rotatable bonds is 13. The van der Waals surface area contributed by atoms with E-state index in [1.807, 2.05) is 72.8 Å². The van der Waals surface area contributed by atoms with Crippen molar-refractivity contribution in [1.29, 1.82) is 0 Å².